The Kier molecular flexibility index (Phi) is 1.51. The molecule has 0 spiro atoms. The monoisotopic (exact) mass is 158 g/mol. The SMILES string of the molecule is Cc1cccc2ccc(O)cc12. The fourth-order valence-corrected chi connectivity index (χ4v) is 1.42. The summed E-state index contributed by atoms with van der Waals surface area (Å²) in [6.45, 7) is 2.04. The van der Waals surface area contributed by atoms with Crippen LogP contribution in [0.15, 0.2) is 36.4 Å². The number of aromatic hydroxyl groups is 1. The lowest BCUT2D eigenvalue weighted by Crippen LogP contribution is -1.76. The first-order valence-electron chi connectivity index (χ1n) is 3.96. The van der Waals surface area contributed by atoms with Crippen molar-refractivity contribution in [3.63, 3.8) is 0 Å². The van der Waals surface area contributed by atoms with Crippen molar-refractivity contribution in [1.29, 1.82) is 0 Å². The van der Waals surface area contributed by atoms with Crippen LogP contribution in [0.25, 0.3) is 10.8 Å². The molecule has 2 aromatic rings. The lowest BCUT2D eigenvalue weighted by molar-refractivity contribution is 0.476. The third-order valence-corrected chi connectivity index (χ3v) is 2.08. The molecular formula is C11H10O. The van der Waals surface area contributed by atoms with Gasteiger partial charge in [-0.3, -0.25) is 0 Å². The Hall–Kier alpha value is -1.50. The summed E-state index contributed by atoms with van der Waals surface area (Å²) in [7, 11) is 0. The highest BCUT2D eigenvalue weighted by atomic mass is 16.3. The summed E-state index contributed by atoms with van der Waals surface area (Å²) >= 11 is 0. The summed E-state index contributed by atoms with van der Waals surface area (Å²) in [6.07, 6.45) is 0. The van der Waals surface area contributed by atoms with E-state index in [0.29, 0.717) is 5.75 Å². The van der Waals surface area contributed by atoms with Gasteiger partial charge in [0.2, 0.25) is 0 Å². The van der Waals surface area contributed by atoms with Crippen LogP contribution in [0, 0.1) is 6.92 Å². The smallest absolute Gasteiger partial charge is 0.116 e. The predicted molar refractivity (Wildman–Crippen MR) is 50.3 cm³/mol. The molecule has 2 rings (SSSR count). The van der Waals surface area contributed by atoms with Crippen molar-refractivity contribution < 1.29 is 5.11 Å². The number of phenols is 1. The van der Waals surface area contributed by atoms with Crippen LogP contribution in [0.5, 0.6) is 5.75 Å². The Morgan fingerprint density at radius 1 is 1.08 bits per heavy atom. The van der Waals surface area contributed by atoms with E-state index in [-0.39, 0.29) is 0 Å². The molecule has 0 amide bonds. The zero-order valence-corrected chi connectivity index (χ0v) is 6.91. The number of hydrogen-bond donors (Lipinski definition) is 1. The van der Waals surface area contributed by atoms with Gasteiger partial charge in [0.05, 0.1) is 0 Å². The molecule has 1 heteroatoms. The maximum atomic E-state index is 9.25. The van der Waals surface area contributed by atoms with Gasteiger partial charge in [0.25, 0.3) is 0 Å². The van der Waals surface area contributed by atoms with E-state index in [2.05, 4.69) is 0 Å². The van der Waals surface area contributed by atoms with Crippen LogP contribution in [-0.2, 0) is 0 Å². The largest absolute Gasteiger partial charge is 0.508 e. The van der Waals surface area contributed by atoms with Gasteiger partial charge in [0, 0.05) is 0 Å². The van der Waals surface area contributed by atoms with E-state index in [1.54, 1.807) is 12.1 Å². The van der Waals surface area contributed by atoms with Crippen LogP contribution in [0.1, 0.15) is 5.56 Å². The van der Waals surface area contributed by atoms with Gasteiger partial charge in [0.1, 0.15) is 5.75 Å². The number of benzene rings is 2. The fraction of sp³-hybridized carbons (Fsp3) is 0.0909. The summed E-state index contributed by atoms with van der Waals surface area (Å²) in [6, 6.07) is 11.5. The summed E-state index contributed by atoms with van der Waals surface area (Å²) < 4.78 is 0. The van der Waals surface area contributed by atoms with E-state index in [9.17, 15) is 5.11 Å². The van der Waals surface area contributed by atoms with Gasteiger partial charge in [-0.15, -0.1) is 0 Å². The van der Waals surface area contributed by atoms with Crippen molar-refractivity contribution in [3.8, 4) is 5.75 Å². The summed E-state index contributed by atoms with van der Waals surface area (Å²) in [4.78, 5) is 0. The number of hydrogen-bond acceptors (Lipinski definition) is 1. The van der Waals surface area contributed by atoms with Crippen LogP contribution >= 0.6 is 0 Å². The Bertz CT molecular complexity index is 418. The number of phenolic OH excluding ortho intramolecular Hbond substituents is 1. The van der Waals surface area contributed by atoms with Crippen LogP contribution in [-0.4, -0.2) is 5.11 Å². The van der Waals surface area contributed by atoms with Gasteiger partial charge in [-0.25, -0.2) is 0 Å². The van der Waals surface area contributed by atoms with Crippen molar-refractivity contribution in [3.05, 3.63) is 42.0 Å². The zero-order valence-electron chi connectivity index (χ0n) is 6.91. The summed E-state index contributed by atoms with van der Waals surface area (Å²) in [5.74, 6) is 0.330. The Morgan fingerprint density at radius 2 is 1.92 bits per heavy atom. The first-order valence-corrected chi connectivity index (χ1v) is 3.96. The minimum atomic E-state index is 0.330. The minimum absolute atomic E-state index is 0.330. The second-order valence-corrected chi connectivity index (χ2v) is 2.98. The molecule has 0 bridgehead atoms. The van der Waals surface area contributed by atoms with E-state index in [4.69, 9.17) is 0 Å². The molecule has 1 N–H and O–H groups in total. The van der Waals surface area contributed by atoms with Gasteiger partial charge in [0.15, 0.2) is 0 Å². The van der Waals surface area contributed by atoms with E-state index in [0.717, 1.165) is 5.39 Å². The normalized spacial score (nSPS) is 10.4. The van der Waals surface area contributed by atoms with Crippen LogP contribution in [0.3, 0.4) is 0 Å². The predicted octanol–water partition coefficient (Wildman–Crippen LogP) is 2.85. The molecule has 0 aliphatic rings. The standard InChI is InChI=1S/C11H10O/c1-8-3-2-4-9-5-6-10(12)7-11(8)9/h2-7,12H,1H3. The molecular weight excluding hydrogens is 148 g/mol. The van der Waals surface area contributed by atoms with E-state index in [1.165, 1.54) is 10.9 Å². The minimum Gasteiger partial charge on any atom is -0.508 e. The molecule has 60 valence electrons. The molecule has 2 aromatic carbocycles. The fourth-order valence-electron chi connectivity index (χ4n) is 1.42. The van der Waals surface area contributed by atoms with Crippen molar-refractivity contribution in [1.82, 2.24) is 0 Å². The van der Waals surface area contributed by atoms with Gasteiger partial charge in [-0.2, -0.15) is 0 Å². The molecule has 0 saturated carbocycles. The molecule has 1 nitrogen and oxygen atoms in total. The lowest BCUT2D eigenvalue weighted by atomic mass is 10.1. The van der Waals surface area contributed by atoms with Gasteiger partial charge < -0.3 is 5.11 Å². The highest BCUT2D eigenvalue weighted by Crippen LogP contribution is 2.22. The Balaban J connectivity index is 2.88. The lowest BCUT2D eigenvalue weighted by Gasteiger charge is -2.01. The summed E-state index contributed by atoms with van der Waals surface area (Å²) in [5.41, 5.74) is 1.20. The molecule has 0 saturated heterocycles. The topological polar surface area (TPSA) is 20.2 Å². The maximum absolute atomic E-state index is 9.25. The highest BCUT2D eigenvalue weighted by molar-refractivity contribution is 5.86. The highest BCUT2D eigenvalue weighted by Gasteiger charge is 1.96. The van der Waals surface area contributed by atoms with Crippen LogP contribution in [0.2, 0.25) is 0 Å². The van der Waals surface area contributed by atoms with Crippen molar-refractivity contribution in [2.24, 2.45) is 0 Å². The molecule has 0 radical (unpaired) electrons. The van der Waals surface area contributed by atoms with E-state index < -0.39 is 0 Å². The number of aryl methyl sites for hydroxylation is 1. The van der Waals surface area contributed by atoms with Crippen molar-refractivity contribution in [2.45, 2.75) is 6.92 Å². The average molecular weight is 158 g/mol. The van der Waals surface area contributed by atoms with Crippen LogP contribution < -0.4 is 0 Å². The van der Waals surface area contributed by atoms with Crippen molar-refractivity contribution in [2.75, 3.05) is 0 Å². The molecule has 12 heavy (non-hydrogen) atoms. The van der Waals surface area contributed by atoms with E-state index in [1.807, 2.05) is 31.2 Å². The first-order chi connectivity index (χ1) is 5.77. The van der Waals surface area contributed by atoms with Gasteiger partial charge >= 0.3 is 0 Å². The quantitative estimate of drug-likeness (QED) is 0.625. The Morgan fingerprint density at radius 3 is 2.75 bits per heavy atom. The van der Waals surface area contributed by atoms with Crippen molar-refractivity contribution >= 4 is 10.8 Å². The van der Waals surface area contributed by atoms with E-state index >= 15 is 0 Å². The van der Waals surface area contributed by atoms with Gasteiger partial charge in [-0.1, -0.05) is 24.3 Å². The third-order valence-electron chi connectivity index (χ3n) is 2.08. The summed E-state index contributed by atoms with van der Waals surface area (Å²) in [5, 5.41) is 11.6. The zero-order chi connectivity index (χ0) is 8.55. The molecule has 0 aliphatic carbocycles. The molecule has 0 aliphatic heterocycles. The number of rotatable bonds is 0. The molecule has 0 fully saturated rings. The molecule has 0 unspecified atom stereocenters. The second kappa shape index (κ2) is 2.52. The number of fused-ring (bicyclic) bond motifs is 1. The van der Waals surface area contributed by atoms with Crippen LogP contribution in [0.4, 0.5) is 0 Å². The second-order valence-electron chi connectivity index (χ2n) is 2.98. The first kappa shape index (κ1) is 7.17. The molecule has 0 atom stereocenters. The molecule has 0 aromatic heterocycles. The Labute approximate surface area is 71.3 Å². The van der Waals surface area contributed by atoms with Gasteiger partial charge in [-0.05, 0) is 35.4 Å². The molecule has 0 heterocycles. The third kappa shape index (κ3) is 1.03. The average Bonchev–Trinajstić information content (AvgIpc) is 2.07. The maximum Gasteiger partial charge on any atom is 0.116 e.